The van der Waals surface area contributed by atoms with E-state index < -0.39 is 0 Å². The summed E-state index contributed by atoms with van der Waals surface area (Å²) in [5.74, 6) is 0.160. The van der Waals surface area contributed by atoms with Crippen LogP contribution in [0.15, 0.2) is 59.7 Å². The van der Waals surface area contributed by atoms with E-state index in [0.717, 1.165) is 4.90 Å². The van der Waals surface area contributed by atoms with Gasteiger partial charge in [0.1, 0.15) is 5.75 Å². The fraction of sp³-hybridized carbons (Fsp3) is 0.0625. The van der Waals surface area contributed by atoms with Gasteiger partial charge in [0.2, 0.25) is 5.78 Å². The molecule has 5 heteroatoms. The predicted molar refractivity (Wildman–Crippen MR) is 88.8 cm³/mol. The molecule has 0 aliphatic rings. The minimum Gasteiger partial charge on any atom is -0.454 e. The number of benzene rings is 2. The Bertz CT molecular complexity index is 681. The average Bonchev–Trinajstić information content (AvgIpc) is 2.48. The first-order valence-corrected chi connectivity index (χ1v) is 8.00. The highest BCUT2D eigenvalue weighted by molar-refractivity contribution is 7.98. The Hall–Kier alpha value is -1.42. The first kappa shape index (κ1) is 16.0. The zero-order chi connectivity index (χ0) is 15.4. The van der Waals surface area contributed by atoms with Crippen LogP contribution in [0.5, 0.6) is 5.75 Å². The molecule has 0 saturated carbocycles. The van der Waals surface area contributed by atoms with Crippen molar-refractivity contribution in [2.75, 3.05) is 6.26 Å². The Kier molecular flexibility index (Phi) is 5.34. The minimum atomic E-state index is -0.345. The highest BCUT2D eigenvalue weighted by Crippen LogP contribution is 2.26. The lowest BCUT2D eigenvalue weighted by Gasteiger charge is -2.09. The van der Waals surface area contributed by atoms with Gasteiger partial charge in [-0.3, -0.25) is 4.79 Å². The van der Waals surface area contributed by atoms with Gasteiger partial charge in [0.25, 0.3) is 0 Å². The number of rotatable bonds is 5. The van der Waals surface area contributed by atoms with Gasteiger partial charge in [-0.1, -0.05) is 29.8 Å². The third-order valence-corrected chi connectivity index (χ3v) is 4.02. The molecule has 0 unspecified atom stereocenters. The number of ketones is 1. The van der Waals surface area contributed by atoms with Gasteiger partial charge < -0.3 is 4.74 Å². The molecule has 0 fully saturated rings. The summed E-state index contributed by atoms with van der Waals surface area (Å²) in [6, 6.07) is 11.9. The van der Waals surface area contributed by atoms with Crippen LogP contribution >= 0.6 is 35.0 Å². The Labute approximate surface area is 137 Å². The van der Waals surface area contributed by atoms with Gasteiger partial charge in [-0.2, -0.15) is 0 Å². The van der Waals surface area contributed by atoms with Crippen LogP contribution in [0, 0.1) is 0 Å². The molecule has 0 amide bonds. The molecule has 108 valence electrons. The summed E-state index contributed by atoms with van der Waals surface area (Å²) in [5, 5.41) is 0.975. The molecule has 21 heavy (non-hydrogen) atoms. The van der Waals surface area contributed by atoms with E-state index in [0.29, 0.717) is 21.4 Å². The highest BCUT2D eigenvalue weighted by Gasteiger charge is 2.16. The number of carbonyl (C=O) groups excluding carboxylic acids is 1. The second-order valence-corrected chi connectivity index (χ2v) is 5.88. The summed E-state index contributed by atoms with van der Waals surface area (Å²) in [6.07, 6.45) is 1.94. The molecule has 0 atom stereocenters. The quantitative estimate of drug-likeness (QED) is 0.312. The maximum atomic E-state index is 12.3. The average molecular weight is 339 g/mol. The fourth-order valence-electron chi connectivity index (χ4n) is 1.65. The maximum Gasteiger partial charge on any atom is 0.229 e. The van der Waals surface area contributed by atoms with Crippen molar-refractivity contribution in [3.8, 4) is 5.75 Å². The molecule has 0 saturated heterocycles. The van der Waals surface area contributed by atoms with Crippen molar-refractivity contribution in [1.29, 1.82) is 0 Å². The van der Waals surface area contributed by atoms with Gasteiger partial charge in [0.05, 0.1) is 5.02 Å². The van der Waals surface area contributed by atoms with Crippen LogP contribution in [0.2, 0.25) is 10.0 Å². The third kappa shape index (κ3) is 4.03. The van der Waals surface area contributed by atoms with Crippen molar-refractivity contribution in [3.05, 3.63) is 70.4 Å². The molecule has 2 aromatic rings. The molecular formula is C16H12Cl2O2S. The van der Waals surface area contributed by atoms with Crippen LogP contribution in [-0.2, 0) is 0 Å². The number of halogens is 2. The summed E-state index contributed by atoms with van der Waals surface area (Å²) < 4.78 is 5.43. The number of Topliss-reactive ketones (excluding diaryl/α,β-unsaturated/α-hetero) is 1. The van der Waals surface area contributed by atoms with Gasteiger partial charge in [0, 0.05) is 15.5 Å². The van der Waals surface area contributed by atoms with E-state index in [4.69, 9.17) is 27.9 Å². The predicted octanol–water partition coefficient (Wildman–Crippen LogP) is 5.49. The van der Waals surface area contributed by atoms with Crippen LogP contribution in [0.4, 0.5) is 0 Å². The van der Waals surface area contributed by atoms with E-state index in [9.17, 15) is 4.79 Å². The standard InChI is InChI=1S/C16H12Cl2O2S/c1-10(20-12-5-3-11(17)4-6-12)16(19)14-8-7-13(21-2)9-15(14)18/h3-9H,1H2,2H3. The van der Waals surface area contributed by atoms with Crippen molar-refractivity contribution in [3.63, 3.8) is 0 Å². The molecule has 0 radical (unpaired) electrons. The van der Waals surface area contributed by atoms with Crippen molar-refractivity contribution < 1.29 is 9.53 Å². The van der Waals surface area contributed by atoms with Crippen molar-refractivity contribution >= 4 is 40.7 Å². The second-order valence-electron chi connectivity index (χ2n) is 4.15. The SMILES string of the molecule is C=C(Oc1ccc(Cl)cc1)C(=O)c1ccc(SC)cc1Cl. The molecule has 2 aromatic carbocycles. The lowest BCUT2D eigenvalue weighted by atomic mass is 10.1. The van der Waals surface area contributed by atoms with Crippen LogP contribution in [0.25, 0.3) is 0 Å². The number of hydrogen-bond acceptors (Lipinski definition) is 3. The summed E-state index contributed by atoms with van der Waals surface area (Å²) in [5.41, 5.74) is 0.369. The maximum absolute atomic E-state index is 12.3. The first-order chi connectivity index (χ1) is 10.0. The van der Waals surface area contributed by atoms with Gasteiger partial charge in [-0.15, -0.1) is 11.8 Å². The molecule has 0 N–H and O–H groups in total. The third-order valence-electron chi connectivity index (χ3n) is 2.73. The fourth-order valence-corrected chi connectivity index (χ4v) is 2.55. The van der Waals surface area contributed by atoms with E-state index in [2.05, 4.69) is 6.58 Å². The van der Waals surface area contributed by atoms with E-state index in [1.165, 1.54) is 0 Å². The topological polar surface area (TPSA) is 26.3 Å². The van der Waals surface area contributed by atoms with Crippen LogP contribution in [0.1, 0.15) is 10.4 Å². The zero-order valence-electron chi connectivity index (χ0n) is 11.2. The Morgan fingerprint density at radius 3 is 2.38 bits per heavy atom. The first-order valence-electron chi connectivity index (χ1n) is 6.02. The zero-order valence-corrected chi connectivity index (χ0v) is 13.6. The van der Waals surface area contributed by atoms with E-state index in [1.807, 2.05) is 12.3 Å². The van der Waals surface area contributed by atoms with Crippen molar-refractivity contribution in [1.82, 2.24) is 0 Å². The van der Waals surface area contributed by atoms with Crippen LogP contribution in [0.3, 0.4) is 0 Å². The molecule has 0 aliphatic carbocycles. The van der Waals surface area contributed by atoms with Crippen molar-refractivity contribution in [2.24, 2.45) is 0 Å². The molecular weight excluding hydrogens is 327 g/mol. The molecule has 0 bridgehead atoms. The Morgan fingerprint density at radius 1 is 1.14 bits per heavy atom. The van der Waals surface area contributed by atoms with E-state index >= 15 is 0 Å². The van der Waals surface area contributed by atoms with E-state index in [-0.39, 0.29) is 11.5 Å². The number of carbonyl (C=O) groups is 1. The summed E-state index contributed by atoms with van der Waals surface area (Å²) in [4.78, 5) is 13.3. The molecule has 2 rings (SSSR count). The smallest absolute Gasteiger partial charge is 0.229 e. The summed E-state index contributed by atoms with van der Waals surface area (Å²) in [7, 11) is 0. The van der Waals surface area contributed by atoms with Crippen LogP contribution in [-0.4, -0.2) is 12.0 Å². The number of thioether (sulfide) groups is 1. The van der Waals surface area contributed by atoms with Gasteiger partial charge in [-0.05, 0) is 48.7 Å². The molecule has 0 aliphatic heterocycles. The van der Waals surface area contributed by atoms with Crippen LogP contribution < -0.4 is 4.74 Å². The molecule has 0 aromatic heterocycles. The summed E-state index contributed by atoms with van der Waals surface area (Å²) in [6.45, 7) is 3.66. The van der Waals surface area contributed by atoms with Gasteiger partial charge in [0.15, 0.2) is 5.76 Å². The van der Waals surface area contributed by atoms with Crippen molar-refractivity contribution in [2.45, 2.75) is 4.90 Å². The van der Waals surface area contributed by atoms with Gasteiger partial charge >= 0.3 is 0 Å². The largest absolute Gasteiger partial charge is 0.454 e. The normalized spacial score (nSPS) is 10.2. The Morgan fingerprint density at radius 2 is 1.81 bits per heavy atom. The monoisotopic (exact) mass is 338 g/mol. The lowest BCUT2D eigenvalue weighted by molar-refractivity contribution is 0.0987. The second kappa shape index (κ2) is 7.03. The molecule has 0 spiro atoms. The van der Waals surface area contributed by atoms with E-state index in [1.54, 1.807) is 48.2 Å². The van der Waals surface area contributed by atoms with Gasteiger partial charge in [-0.25, -0.2) is 0 Å². The lowest BCUT2D eigenvalue weighted by Crippen LogP contribution is -2.09. The number of ether oxygens (including phenoxy) is 1. The summed E-state index contributed by atoms with van der Waals surface area (Å²) >= 11 is 13.5. The molecule has 0 heterocycles. The number of allylic oxidation sites excluding steroid dienone is 1. The highest BCUT2D eigenvalue weighted by atomic mass is 35.5. The Balaban J connectivity index is 2.15. The number of hydrogen-bond donors (Lipinski definition) is 0. The molecule has 2 nitrogen and oxygen atoms in total. The minimum absolute atomic E-state index is 0.0103.